The highest BCUT2D eigenvalue weighted by Gasteiger charge is 2.11. The van der Waals surface area contributed by atoms with E-state index in [1.54, 1.807) is 6.92 Å². The van der Waals surface area contributed by atoms with Crippen molar-refractivity contribution < 1.29 is 9.18 Å². The van der Waals surface area contributed by atoms with E-state index in [0.717, 1.165) is 6.07 Å². The van der Waals surface area contributed by atoms with Gasteiger partial charge in [-0.1, -0.05) is 0 Å². The van der Waals surface area contributed by atoms with Crippen molar-refractivity contribution in [3.63, 3.8) is 0 Å². The van der Waals surface area contributed by atoms with Crippen LogP contribution in [0.5, 0.6) is 0 Å². The minimum absolute atomic E-state index is 0.0276. The van der Waals surface area contributed by atoms with E-state index in [9.17, 15) is 9.18 Å². The lowest BCUT2D eigenvalue weighted by Crippen LogP contribution is -2.32. The molecule has 1 heterocycles. The number of carbonyl (C=O) groups is 1. The molecule has 1 amide bonds. The molecule has 0 fully saturated rings. The minimum Gasteiger partial charge on any atom is -0.335 e. The van der Waals surface area contributed by atoms with E-state index in [-0.39, 0.29) is 5.69 Å². The Morgan fingerprint density at radius 3 is 2.93 bits per heavy atom. The standard InChI is InChI=1S/C10H10FN3O/c1-6-5-13-9(3-8(6)11)10(15)14-7(2)4-12/h3,5,7H,1-2H3,(H,14,15)/t7-/m1/s1. The van der Waals surface area contributed by atoms with Gasteiger partial charge in [-0.25, -0.2) is 4.39 Å². The molecule has 15 heavy (non-hydrogen) atoms. The van der Waals surface area contributed by atoms with Crippen molar-refractivity contribution in [2.75, 3.05) is 0 Å². The van der Waals surface area contributed by atoms with Gasteiger partial charge in [-0.05, 0) is 13.8 Å². The molecule has 0 saturated carbocycles. The molecule has 0 aliphatic carbocycles. The zero-order valence-corrected chi connectivity index (χ0v) is 8.41. The van der Waals surface area contributed by atoms with Crippen LogP contribution < -0.4 is 5.32 Å². The SMILES string of the molecule is Cc1cnc(C(=O)N[C@H](C)C#N)cc1F. The van der Waals surface area contributed by atoms with E-state index in [4.69, 9.17) is 5.26 Å². The number of aromatic nitrogens is 1. The Morgan fingerprint density at radius 1 is 1.73 bits per heavy atom. The number of amides is 1. The maximum absolute atomic E-state index is 13.1. The number of carbonyl (C=O) groups excluding carboxylic acids is 1. The molecule has 0 bridgehead atoms. The number of aryl methyl sites for hydroxylation is 1. The number of nitrogens with one attached hydrogen (secondary N) is 1. The second kappa shape index (κ2) is 4.51. The molecule has 0 radical (unpaired) electrons. The summed E-state index contributed by atoms with van der Waals surface area (Å²) >= 11 is 0. The lowest BCUT2D eigenvalue weighted by Gasteiger charge is -2.05. The van der Waals surface area contributed by atoms with E-state index in [2.05, 4.69) is 10.3 Å². The van der Waals surface area contributed by atoms with Gasteiger partial charge >= 0.3 is 0 Å². The van der Waals surface area contributed by atoms with E-state index >= 15 is 0 Å². The van der Waals surface area contributed by atoms with Crippen LogP contribution in [0.2, 0.25) is 0 Å². The molecule has 1 rings (SSSR count). The minimum atomic E-state index is -0.622. The average molecular weight is 207 g/mol. The van der Waals surface area contributed by atoms with E-state index in [1.165, 1.54) is 13.1 Å². The summed E-state index contributed by atoms with van der Waals surface area (Å²) in [7, 11) is 0. The molecule has 0 aromatic carbocycles. The maximum atomic E-state index is 13.1. The summed E-state index contributed by atoms with van der Waals surface area (Å²) in [6.07, 6.45) is 1.28. The van der Waals surface area contributed by atoms with Crippen LogP contribution in [-0.2, 0) is 0 Å². The molecule has 0 aliphatic heterocycles. The molecule has 5 heteroatoms. The molecule has 1 aromatic rings. The van der Waals surface area contributed by atoms with Crippen LogP contribution >= 0.6 is 0 Å². The van der Waals surface area contributed by atoms with Crippen molar-refractivity contribution in [3.05, 3.63) is 29.3 Å². The first kappa shape index (κ1) is 11.1. The summed E-state index contributed by atoms with van der Waals surface area (Å²) in [4.78, 5) is 15.2. The van der Waals surface area contributed by atoms with Crippen molar-refractivity contribution in [1.29, 1.82) is 5.26 Å². The lowest BCUT2D eigenvalue weighted by atomic mass is 10.2. The highest BCUT2D eigenvalue weighted by atomic mass is 19.1. The van der Waals surface area contributed by atoms with E-state index < -0.39 is 17.8 Å². The third kappa shape index (κ3) is 2.74. The van der Waals surface area contributed by atoms with Crippen molar-refractivity contribution in [1.82, 2.24) is 10.3 Å². The van der Waals surface area contributed by atoms with Crippen LogP contribution in [0, 0.1) is 24.1 Å². The monoisotopic (exact) mass is 207 g/mol. The number of rotatable bonds is 2. The van der Waals surface area contributed by atoms with Gasteiger partial charge in [-0.3, -0.25) is 9.78 Å². The van der Waals surface area contributed by atoms with E-state index in [0.29, 0.717) is 5.56 Å². The normalized spacial score (nSPS) is 11.6. The van der Waals surface area contributed by atoms with Gasteiger partial charge in [0.15, 0.2) is 0 Å². The number of hydrogen-bond donors (Lipinski definition) is 1. The Labute approximate surface area is 86.7 Å². The number of hydrogen-bond acceptors (Lipinski definition) is 3. The van der Waals surface area contributed by atoms with Crippen LogP contribution in [0.25, 0.3) is 0 Å². The summed E-state index contributed by atoms with van der Waals surface area (Å²) in [6, 6.07) is 2.27. The largest absolute Gasteiger partial charge is 0.335 e. The molecule has 1 aromatic heterocycles. The van der Waals surface area contributed by atoms with Gasteiger partial charge in [0.25, 0.3) is 5.91 Å². The number of halogens is 1. The summed E-state index contributed by atoms with van der Waals surface area (Å²) in [6.45, 7) is 3.09. The summed E-state index contributed by atoms with van der Waals surface area (Å²) in [5.41, 5.74) is 0.347. The highest BCUT2D eigenvalue weighted by Crippen LogP contribution is 2.05. The number of nitriles is 1. The molecule has 0 spiro atoms. The molecule has 1 N–H and O–H groups in total. The Bertz CT molecular complexity index is 425. The van der Waals surface area contributed by atoms with Crippen molar-refractivity contribution in [3.8, 4) is 6.07 Å². The Balaban J connectivity index is 2.84. The number of nitrogens with zero attached hydrogens (tertiary/aromatic N) is 2. The molecule has 4 nitrogen and oxygen atoms in total. The molecule has 0 aliphatic rings. The smallest absolute Gasteiger partial charge is 0.271 e. The summed E-state index contributed by atoms with van der Waals surface area (Å²) in [5.74, 6) is -1.04. The van der Waals surface area contributed by atoms with Gasteiger partial charge < -0.3 is 5.32 Å². The third-order valence-corrected chi connectivity index (χ3v) is 1.81. The first-order chi connectivity index (χ1) is 7.04. The molecule has 0 saturated heterocycles. The first-order valence-corrected chi connectivity index (χ1v) is 4.37. The Kier molecular flexibility index (Phi) is 3.34. The molecule has 1 atom stereocenters. The Morgan fingerprint density at radius 2 is 2.40 bits per heavy atom. The second-order valence-corrected chi connectivity index (χ2v) is 3.14. The van der Waals surface area contributed by atoms with E-state index in [1.807, 2.05) is 6.07 Å². The van der Waals surface area contributed by atoms with Crippen LogP contribution in [0.1, 0.15) is 23.0 Å². The Hall–Kier alpha value is -1.96. The van der Waals surface area contributed by atoms with Gasteiger partial charge in [-0.15, -0.1) is 0 Å². The highest BCUT2D eigenvalue weighted by molar-refractivity contribution is 5.92. The quantitative estimate of drug-likeness (QED) is 0.791. The average Bonchev–Trinajstić information content (AvgIpc) is 2.21. The first-order valence-electron chi connectivity index (χ1n) is 4.37. The third-order valence-electron chi connectivity index (χ3n) is 1.81. The molecular formula is C10H10FN3O. The van der Waals surface area contributed by atoms with Crippen molar-refractivity contribution in [2.45, 2.75) is 19.9 Å². The second-order valence-electron chi connectivity index (χ2n) is 3.14. The predicted octanol–water partition coefficient (Wildman–Crippen LogP) is 1.17. The fourth-order valence-corrected chi connectivity index (χ4v) is 0.926. The summed E-state index contributed by atoms with van der Waals surface area (Å²) < 4.78 is 13.1. The fraction of sp³-hybridized carbons (Fsp3) is 0.300. The fourth-order valence-electron chi connectivity index (χ4n) is 0.926. The topological polar surface area (TPSA) is 65.8 Å². The molecular weight excluding hydrogens is 197 g/mol. The van der Waals surface area contributed by atoms with Crippen LogP contribution in [0.4, 0.5) is 4.39 Å². The van der Waals surface area contributed by atoms with Gasteiger partial charge in [-0.2, -0.15) is 5.26 Å². The van der Waals surface area contributed by atoms with Crippen LogP contribution in [0.15, 0.2) is 12.3 Å². The van der Waals surface area contributed by atoms with Gasteiger partial charge in [0.1, 0.15) is 17.6 Å². The zero-order valence-electron chi connectivity index (χ0n) is 8.41. The van der Waals surface area contributed by atoms with Gasteiger partial charge in [0.2, 0.25) is 0 Å². The van der Waals surface area contributed by atoms with Gasteiger partial charge in [0.05, 0.1) is 6.07 Å². The summed E-state index contributed by atoms with van der Waals surface area (Å²) in [5, 5.41) is 10.8. The van der Waals surface area contributed by atoms with Crippen molar-refractivity contribution in [2.24, 2.45) is 0 Å². The van der Waals surface area contributed by atoms with Gasteiger partial charge in [0, 0.05) is 17.8 Å². The predicted molar refractivity (Wildman–Crippen MR) is 51.5 cm³/mol. The number of pyridine rings is 1. The lowest BCUT2D eigenvalue weighted by molar-refractivity contribution is 0.0942. The van der Waals surface area contributed by atoms with Crippen molar-refractivity contribution >= 4 is 5.91 Å². The maximum Gasteiger partial charge on any atom is 0.271 e. The zero-order chi connectivity index (χ0) is 11.4. The molecule has 78 valence electrons. The van der Waals surface area contributed by atoms with Crippen LogP contribution in [0.3, 0.4) is 0 Å². The molecule has 0 unspecified atom stereocenters. The van der Waals surface area contributed by atoms with Crippen LogP contribution in [-0.4, -0.2) is 16.9 Å².